The topological polar surface area (TPSA) is 49.6 Å². The Labute approximate surface area is 162 Å². The van der Waals surface area contributed by atoms with Gasteiger partial charge < -0.3 is 9.42 Å². The minimum atomic E-state index is 0.0541. The van der Waals surface area contributed by atoms with Gasteiger partial charge in [-0.3, -0.25) is 9.69 Å². The van der Waals surface area contributed by atoms with Crippen molar-refractivity contribution in [3.8, 4) is 0 Å². The fourth-order valence-corrected chi connectivity index (χ4v) is 3.57. The summed E-state index contributed by atoms with van der Waals surface area (Å²) in [5.74, 6) is 1.47. The largest absolute Gasteiger partial charge is 0.360 e. The van der Waals surface area contributed by atoms with E-state index in [-0.39, 0.29) is 11.8 Å². The van der Waals surface area contributed by atoms with Gasteiger partial charge in [-0.25, -0.2) is 0 Å². The maximum atomic E-state index is 13.0. The van der Waals surface area contributed by atoms with Crippen LogP contribution in [0.1, 0.15) is 72.5 Å². The first-order valence-corrected chi connectivity index (χ1v) is 9.93. The van der Waals surface area contributed by atoms with E-state index in [4.69, 9.17) is 4.52 Å². The van der Waals surface area contributed by atoms with E-state index >= 15 is 0 Å². The summed E-state index contributed by atoms with van der Waals surface area (Å²) in [6.45, 7) is 14.5. The molecule has 0 unspecified atom stereocenters. The molecule has 1 aromatic heterocycles. The lowest BCUT2D eigenvalue weighted by atomic mass is 10.0. The average Bonchev–Trinajstić information content (AvgIpc) is 3.04. The van der Waals surface area contributed by atoms with Crippen molar-refractivity contribution < 1.29 is 9.32 Å². The molecule has 3 rings (SSSR count). The molecule has 5 heteroatoms. The lowest BCUT2D eigenvalue weighted by Crippen LogP contribution is -2.48. The van der Waals surface area contributed by atoms with Crippen LogP contribution in [0.15, 0.2) is 28.8 Å². The third kappa shape index (κ3) is 4.41. The molecule has 1 aliphatic rings. The zero-order valence-corrected chi connectivity index (χ0v) is 17.2. The Morgan fingerprint density at radius 1 is 1.04 bits per heavy atom. The van der Waals surface area contributed by atoms with Crippen molar-refractivity contribution in [2.75, 3.05) is 26.2 Å². The van der Waals surface area contributed by atoms with Crippen LogP contribution in [0, 0.1) is 6.92 Å². The Kier molecular flexibility index (Phi) is 6.00. The van der Waals surface area contributed by atoms with Gasteiger partial charge in [0.05, 0.1) is 5.69 Å². The van der Waals surface area contributed by atoms with E-state index in [1.54, 1.807) is 0 Å². The summed E-state index contributed by atoms with van der Waals surface area (Å²) in [7, 11) is 0. The number of nitrogens with zero attached hydrogens (tertiary/aromatic N) is 3. The third-order valence-electron chi connectivity index (χ3n) is 5.34. The van der Waals surface area contributed by atoms with Gasteiger partial charge in [0.25, 0.3) is 5.91 Å². The Balaban J connectivity index is 1.59. The van der Waals surface area contributed by atoms with Crippen molar-refractivity contribution in [2.45, 2.75) is 53.0 Å². The van der Waals surface area contributed by atoms with Gasteiger partial charge in [-0.05, 0) is 24.0 Å². The molecule has 0 atom stereocenters. The summed E-state index contributed by atoms with van der Waals surface area (Å²) in [6.07, 6.45) is 0. The molecule has 27 heavy (non-hydrogen) atoms. The van der Waals surface area contributed by atoms with Gasteiger partial charge in [0.2, 0.25) is 0 Å². The smallest absolute Gasteiger partial charge is 0.259 e. The Hall–Kier alpha value is -2.14. The number of hydrogen-bond donors (Lipinski definition) is 0. The summed E-state index contributed by atoms with van der Waals surface area (Å²) >= 11 is 0. The number of hydrogen-bond acceptors (Lipinski definition) is 4. The van der Waals surface area contributed by atoms with E-state index in [1.807, 2.05) is 25.7 Å². The van der Waals surface area contributed by atoms with Crippen LogP contribution in [-0.2, 0) is 6.54 Å². The van der Waals surface area contributed by atoms with Crippen LogP contribution in [-0.4, -0.2) is 47.0 Å². The quantitative estimate of drug-likeness (QED) is 0.793. The molecule has 0 N–H and O–H groups in total. The predicted molar refractivity (Wildman–Crippen MR) is 107 cm³/mol. The van der Waals surface area contributed by atoms with Gasteiger partial charge in [-0.15, -0.1) is 0 Å². The number of rotatable bonds is 5. The Bertz CT molecular complexity index is 769. The van der Waals surface area contributed by atoms with E-state index in [2.05, 4.69) is 48.2 Å². The van der Waals surface area contributed by atoms with Gasteiger partial charge in [0.15, 0.2) is 5.76 Å². The van der Waals surface area contributed by atoms with Crippen LogP contribution >= 0.6 is 0 Å². The molecule has 0 bridgehead atoms. The highest BCUT2D eigenvalue weighted by atomic mass is 16.5. The number of benzene rings is 1. The van der Waals surface area contributed by atoms with Crippen molar-refractivity contribution in [1.82, 2.24) is 15.0 Å². The number of carbonyl (C=O) groups is 1. The highest BCUT2D eigenvalue weighted by Crippen LogP contribution is 2.24. The van der Waals surface area contributed by atoms with Gasteiger partial charge in [0, 0.05) is 38.6 Å². The average molecular weight is 370 g/mol. The van der Waals surface area contributed by atoms with Crippen LogP contribution in [0.5, 0.6) is 0 Å². The number of aromatic nitrogens is 1. The molecule has 1 amide bonds. The molecule has 1 saturated heterocycles. The number of amides is 1. The fraction of sp³-hybridized carbons (Fsp3) is 0.545. The molecule has 0 spiro atoms. The summed E-state index contributed by atoms with van der Waals surface area (Å²) < 4.78 is 5.39. The zero-order valence-electron chi connectivity index (χ0n) is 17.2. The first-order valence-electron chi connectivity index (χ1n) is 9.93. The van der Waals surface area contributed by atoms with Crippen molar-refractivity contribution in [3.05, 3.63) is 52.4 Å². The van der Waals surface area contributed by atoms with Crippen LogP contribution in [0.25, 0.3) is 0 Å². The molecule has 0 saturated carbocycles. The van der Waals surface area contributed by atoms with E-state index in [9.17, 15) is 4.79 Å². The summed E-state index contributed by atoms with van der Waals surface area (Å²) in [6, 6.07) is 8.90. The number of piperazine rings is 1. The standard InChI is InChI=1S/C22H31N3O2/c1-15(2)19-8-6-18(7-9-19)14-24-10-12-25(13-11-24)22(26)20-17(5)23-27-21(20)16(3)4/h6-9,15-16H,10-14H2,1-5H3. The van der Waals surface area contributed by atoms with Gasteiger partial charge in [0.1, 0.15) is 5.56 Å². The minimum Gasteiger partial charge on any atom is -0.360 e. The fourth-order valence-electron chi connectivity index (χ4n) is 3.57. The normalized spacial score (nSPS) is 15.7. The number of carbonyl (C=O) groups excluding carboxylic acids is 1. The van der Waals surface area contributed by atoms with Crippen molar-refractivity contribution in [1.29, 1.82) is 0 Å². The Morgan fingerprint density at radius 2 is 1.67 bits per heavy atom. The highest BCUT2D eigenvalue weighted by Gasteiger charge is 2.29. The second-order valence-electron chi connectivity index (χ2n) is 8.13. The van der Waals surface area contributed by atoms with Crippen molar-refractivity contribution >= 4 is 5.91 Å². The SMILES string of the molecule is Cc1noc(C(C)C)c1C(=O)N1CCN(Cc2ccc(C(C)C)cc2)CC1. The molecule has 5 nitrogen and oxygen atoms in total. The lowest BCUT2D eigenvalue weighted by molar-refractivity contribution is 0.0625. The van der Waals surface area contributed by atoms with E-state index in [1.165, 1.54) is 11.1 Å². The van der Waals surface area contributed by atoms with Crippen molar-refractivity contribution in [3.63, 3.8) is 0 Å². The first kappa shape index (κ1) is 19.6. The zero-order chi connectivity index (χ0) is 19.6. The van der Waals surface area contributed by atoms with E-state index in [0.717, 1.165) is 32.7 Å². The first-order chi connectivity index (χ1) is 12.9. The summed E-state index contributed by atoms with van der Waals surface area (Å²) in [5.41, 5.74) is 4.05. The van der Waals surface area contributed by atoms with Crippen LogP contribution < -0.4 is 0 Å². The molecular formula is C22H31N3O2. The monoisotopic (exact) mass is 369 g/mol. The van der Waals surface area contributed by atoms with Crippen LogP contribution in [0.4, 0.5) is 0 Å². The van der Waals surface area contributed by atoms with E-state index < -0.39 is 0 Å². The minimum absolute atomic E-state index is 0.0541. The molecule has 0 radical (unpaired) electrons. The molecular weight excluding hydrogens is 338 g/mol. The molecule has 0 aliphatic carbocycles. The molecule has 146 valence electrons. The van der Waals surface area contributed by atoms with Gasteiger partial charge >= 0.3 is 0 Å². The molecule has 2 heterocycles. The maximum Gasteiger partial charge on any atom is 0.259 e. The van der Waals surface area contributed by atoms with E-state index in [0.29, 0.717) is 22.9 Å². The second kappa shape index (κ2) is 8.26. The van der Waals surface area contributed by atoms with Crippen LogP contribution in [0.2, 0.25) is 0 Å². The highest BCUT2D eigenvalue weighted by molar-refractivity contribution is 5.96. The predicted octanol–water partition coefficient (Wildman–Crippen LogP) is 4.19. The van der Waals surface area contributed by atoms with Gasteiger partial charge in [-0.1, -0.05) is 57.1 Å². The summed E-state index contributed by atoms with van der Waals surface area (Å²) in [5, 5.41) is 4.01. The van der Waals surface area contributed by atoms with Crippen molar-refractivity contribution in [2.24, 2.45) is 0 Å². The third-order valence-corrected chi connectivity index (χ3v) is 5.34. The van der Waals surface area contributed by atoms with Gasteiger partial charge in [-0.2, -0.15) is 0 Å². The second-order valence-corrected chi connectivity index (χ2v) is 8.13. The molecule has 1 aromatic carbocycles. The molecule has 1 fully saturated rings. The van der Waals surface area contributed by atoms with Crippen LogP contribution in [0.3, 0.4) is 0 Å². The summed E-state index contributed by atoms with van der Waals surface area (Å²) in [4.78, 5) is 17.3. The molecule has 2 aromatic rings. The lowest BCUT2D eigenvalue weighted by Gasteiger charge is -2.34. The maximum absolute atomic E-state index is 13.0. The number of aryl methyl sites for hydroxylation is 1. The molecule has 1 aliphatic heterocycles. The Morgan fingerprint density at radius 3 is 2.22 bits per heavy atom.